The van der Waals surface area contributed by atoms with E-state index in [1.165, 1.54) is 6.42 Å². The third-order valence-electron chi connectivity index (χ3n) is 4.99. The van der Waals surface area contributed by atoms with E-state index in [-0.39, 0.29) is 0 Å². The quantitative estimate of drug-likeness (QED) is 0.433. The molecule has 1 unspecified atom stereocenters. The van der Waals surface area contributed by atoms with Crippen LogP contribution < -0.4 is 0 Å². The molecule has 1 aliphatic rings. The Kier molecular flexibility index (Phi) is 12.8. The fourth-order valence-corrected chi connectivity index (χ4v) is 3.89. The molecule has 2 aromatic carbocycles. The highest BCUT2D eigenvalue weighted by Crippen LogP contribution is 2.20. The number of likely N-dealkylation sites (tertiary alicyclic amines) is 1. The number of halogens is 3. The van der Waals surface area contributed by atoms with Gasteiger partial charge < -0.3 is 4.90 Å². The van der Waals surface area contributed by atoms with Gasteiger partial charge in [0.1, 0.15) is 6.07 Å². The fourth-order valence-electron chi connectivity index (χ4n) is 3.16. The van der Waals surface area contributed by atoms with E-state index >= 15 is 0 Å². The standard InChI is InChI=1S/C10H19NO.C8H8Cl2.C8H6ClN/c1-8(2)6-10(12)11-5-4-9(3)7-11;1-2-6-5-7(9)3-4-8(6)10;1-6-2-3-7(5-10)8(9)4-6/h8-9H,4-7H2,1-3H3;3-5H,2H2,1H3;2-4H,1H3. The van der Waals surface area contributed by atoms with Gasteiger partial charge in [-0.05, 0) is 73.1 Å². The monoisotopic (exact) mass is 494 g/mol. The van der Waals surface area contributed by atoms with Crippen molar-refractivity contribution in [2.45, 2.75) is 53.9 Å². The average Bonchev–Trinajstić information content (AvgIpc) is 3.17. The molecule has 32 heavy (non-hydrogen) atoms. The topological polar surface area (TPSA) is 44.1 Å². The van der Waals surface area contributed by atoms with Crippen LogP contribution in [0.15, 0.2) is 36.4 Å². The number of aryl methyl sites for hydroxylation is 2. The molecule has 0 spiro atoms. The zero-order valence-electron chi connectivity index (χ0n) is 19.6. The summed E-state index contributed by atoms with van der Waals surface area (Å²) < 4.78 is 0. The van der Waals surface area contributed by atoms with Crippen molar-refractivity contribution in [3.8, 4) is 6.07 Å². The first-order chi connectivity index (χ1) is 15.1. The van der Waals surface area contributed by atoms with Crippen molar-refractivity contribution in [3.63, 3.8) is 0 Å². The third kappa shape index (κ3) is 10.3. The number of carbonyl (C=O) groups excluding carboxylic acids is 1. The highest BCUT2D eigenvalue weighted by molar-refractivity contribution is 6.33. The Morgan fingerprint density at radius 1 is 1.16 bits per heavy atom. The number of hydrogen-bond donors (Lipinski definition) is 0. The molecule has 3 nitrogen and oxygen atoms in total. The molecule has 0 bridgehead atoms. The molecule has 174 valence electrons. The summed E-state index contributed by atoms with van der Waals surface area (Å²) >= 11 is 17.3. The summed E-state index contributed by atoms with van der Waals surface area (Å²) in [6, 6.07) is 12.9. The predicted octanol–water partition coefficient (Wildman–Crippen LogP) is 7.98. The molecule has 6 heteroatoms. The van der Waals surface area contributed by atoms with Gasteiger partial charge in [-0.15, -0.1) is 0 Å². The fraction of sp³-hybridized carbons (Fsp3) is 0.462. The van der Waals surface area contributed by atoms with Crippen molar-refractivity contribution >= 4 is 40.7 Å². The van der Waals surface area contributed by atoms with Crippen molar-refractivity contribution in [2.24, 2.45) is 11.8 Å². The van der Waals surface area contributed by atoms with Gasteiger partial charge in [-0.3, -0.25) is 4.79 Å². The maximum Gasteiger partial charge on any atom is 0.222 e. The second kappa shape index (κ2) is 14.4. The van der Waals surface area contributed by atoms with Crippen LogP contribution in [0.5, 0.6) is 0 Å². The maximum atomic E-state index is 11.5. The molecule has 1 heterocycles. The first-order valence-electron chi connectivity index (χ1n) is 10.9. The van der Waals surface area contributed by atoms with Crippen LogP contribution in [0.25, 0.3) is 0 Å². The first kappa shape index (κ1) is 28.3. The van der Waals surface area contributed by atoms with Gasteiger partial charge in [-0.25, -0.2) is 0 Å². The predicted molar refractivity (Wildman–Crippen MR) is 137 cm³/mol. The Labute approximate surface area is 208 Å². The Bertz CT molecular complexity index is 913. The number of rotatable bonds is 3. The van der Waals surface area contributed by atoms with E-state index in [0.717, 1.165) is 40.7 Å². The minimum Gasteiger partial charge on any atom is -0.342 e. The SMILES string of the molecule is CC(C)CC(=O)N1CCC(C)C1.CCc1cc(Cl)ccc1Cl.Cc1ccc(C#N)c(Cl)c1. The van der Waals surface area contributed by atoms with E-state index in [4.69, 9.17) is 40.1 Å². The van der Waals surface area contributed by atoms with Crippen LogP contribution >= 0.6 is 34.8 Å². The lowest BCUT2D eigenvalue weighted by atomic mass is 10.1. The third-order valence-corrected chi connectivity index (χ3v) is 5.91. The van der Waals surface area contributed by atoms with Crippen LogP contribution in [-0.2, 0) is 11.2 Å². The molecule has 0 aliphatic carbocycles. The van der Waals surface area contributed by atoms with Crippen molar-refractivity contribution in [3.05, 3.63) is 68.2 Å². The lowest BCUT2D eigenvalue weighted by molar-refractivity contribution is -0.131. The second-order valence-electron chi connectivity index (χ2n) is 8.52. The van der Waals surface area contributed by atoms with Crippen LogP contribution in [0.2, 0.25) is 15.1 Å². The number of benzene rings is 2. The van der Waals surface area contributed by atoms with Gasteiger partial charge in [-0.1, -0.05) is 68.6 Å². The highest BCUT2D eigenvalue weighted by atomic mass is 35.5. The molecule has 1 amide bonds. The molecule has 1 atom stereocenters. The summed E-state index contributed by atoms with van der Waals surface area (Å²) in [4.78, 5) is 13.5. The number of nitrogens with zero attached hydrogens (tertiary/aromatic N) is 2. The second-order valence-corrected chi connectivity index (χ2v) is 9.77. The molecule has 3 rings (SSSR count). The summed E-state index contributed by atoms with van der Waals surface area (Å²) in [5, 5.41) is 10.6. The Morgan fingerprint density at radius 3 is 2.31 bits per heavy atom. The van der Waals surface area contributed by atoms with E-state index in [1.54, 1.807) is 18.2 Å². The maximum absolute atomic E-state index is 11.5. The average molecular weight is 496 g/mol. The Hall–Kier alpha value is -1.73. The van der Waals surface area contributed by atoms with Crippen LogP contribution in [0.4, 0.5) is 0 Å². The smallest absolute Gasteiger partial charge is 0.222 e. The van der Waals surface area contributed by atoms with Gasteiger partial charge in [-0.2, -0.15) is 5.26 Å². The van der Waals surface area contributed by atoms with Gasteiger partial charge in [0.05, 0.1) is 10.6 Å². The molecule has 1 fully saturated rings. The summed E-state index contributed by atoms with van der Waals surface area (Å²) in [6.45, 7) is 12.3. The van der Waals surface area contributed by atoms with E-state index in [1.807, 2.05) is 36.1 Å². The molecule has 1 saturated heterocycles. The molecular weight excluding hydrogens is 463 g/mol. The van der Waals surface area contributed by atoms with E-state index < -0.39 is 0 Å². The van der Waals surface area contributed by atoms with Gasteiger partial charge in [0.15, 0.2) is 0 Å². The molecule has 0 N–H and O–H groups in total. The van der Waals surface area contributed by atoms with Crippen LogP contribution in [0, 0.1) is 30.1 Å². The lowest BCUT2D eigenvalue weighted by Crippen LogP contribution is -2.29. The first-order valence-corrected chi connectivity index (χ1v) is 12.1. The van der Waals surface area contributed by atoms with E-state index in [9.17, 15) is 4.79 Å². The van der Waals surface area contributed by atoms with Crippen molar-refractivity contribution < 1.29 is 4.79 Å². The zero-order valence-corrected chi connectivity index (χ0v) is 21.9. The van der Waals surface area contributed by atoms with Gasteiger partial charge in [0.2, 0.25) is 5.91 Å². The van der Waals surface area contributed by atoms with Crippen LogP contribution in [0.1, 0.15) is 57.2 Å². The lowest BCUT2D eigenvalue weighted by Gasteiger charge is -2.16. The zero-order chi connectivity index (χ0) is 24.3. The molecule has 0 radical (unpaired) electrons. The van der Waals surface area contributed by atoms with Crippen molar-refractivity contribution in [1.82, 2.24) is 4.90 Å². The normalized spacial score (nSPS) is 14.8. The minimum absolute atomic E-state index is 0.342. The summed E-state index contributed by atoms with van der Waals surface area (Å²) in [6.07, 6.45) is 2.83. The van der Waals surface area contributed by atoms with Crippen LogP contribution in [0.3, 0.4) is 0 Å². The van der Waals surface area contributed by atoms with Gasteiger partial charge >= 0.3 is 0 Å². The minimum atomic E-state index is 0.342. The number of hydrogen-bond acceptors (Lipinski definition) is 2. The van der Waals surface area contributed by atoms with Gasteiger partial charge in [0, 0.05) is 29.6 Å². The molecule has 0 saturated carbocycles. The molecular formula is C26H33Cl3N2O. The number of amides is 1. The number of nitriles is 1. The molecule has 2 aromatic rings. The van der Waals surface area contributed by atoms with Crippen molar-refractivity contribution in [2.75, 3.05) is 13.1 Å². The number of carbonyl (C=O) groups is 1. The Balaban J connectivity index is 0.000000241. The summed E-state index contributed by atoms with van der Waals surface area (Å²) in [5.41, 5.74) is 2.71. The highest BCUT2D eigenvalue weighted by Gasteiger charge is 2.23. The molecule has 1 aliphatic heterocycles. The van der Waals surface area contributed by atoms with Crippen LogP contribution in [-0.4, -0.2) is 23.9 Å². The van der Waals surface area contributed by atoms with E-state index in [2.05, 4.69) is 27.7 Å². The molecule has 0 aromatic heterocycles. The van der Waals surface area contributed by atoms with Crippen molar-refractivity contribution in [1.29, 1.82) is 5.26 Å². The summed E-state index contributed by atoms with van der Waals surface area (Å²) in [5.74, 6) is 1.55. The van der Waals surface area contributed by atoms with E-state index in [0.29, 0.717) is 34.7 Å². The Morgan fingerprint density at radius 2 is 1.84 bits per heavy atom. The van der Waals surface area contributed by atoms with Gasteiger partial charge in [0.25, 0.3) is 0 Å². The largest absolute Gasteiger partial charge is 0.342 e. The summed E-state index contributed by atoms with van der Waals surface area (Å²) in [7, 11) is 0.